The van der Waals surface area contributed by atoms with Crippen LogP contribution in [0.15, 0.2) is 24.3 Å². The average molecular weight is 265 g/mol. The zero-order valence-corrected chi connectivity index (χ0v) is 11.8. The molecule has 4 heteroatoms. The lowest BCUT2D eigenvalue weighted by Crippen LogP contribution is -2.41. The van der Waals surface area contributed by atoms with Gasteiger partial charge in [-0.25, -0.2) is 0 Å². The highest BCUT2D eigenvalue weighted by Gasteiger charge is 2.15. The quantitative estimate of drug-likeness (QED) is 0.790. The molecule has 0 aliphatic rings. The first kappa shape index (κ1) is 15.5. The van der Waals surface area contributed by atoms with E-state index in [1.807, 2.05) is 38.1 Å². The van der Waals surface area contributed by atoms with Crippen LogP contribution in [0.2, 0.25) is 0 Å². The summed E-state index contributed by atoms with van der Waals surface area (Å²) >= 11 is 0. The van der Waals surface area contributed by atoms with E-state index in [4.69, 9.17) is 4.74 Å². The van der Waals surface area contributed by atoms with Gasteiger partial charge in [-0.1, -0.05) is 32.0 Å². The Morgan fingerprint density at radius 1 is 1.37 bits per heavy atom. The van der Waals surface area contributed by atoms with Crippen LogP contribution in [-0.2, 0) is 11.2 Å². The fourth-order valence-electron chi connectivity index (χ4n) is 1.86. The number of rotatable bonds is 7. The molecule has 0 aromatic heterocycles. The minimum atomic E-state index is -0.176. The number of carbonyl (C=O) groups excluding carboxylic acids is 1. The molecule has 0 saturated heterocycles. The summed E-state index contributed by atoms with van der Waals surface area (Å²) in [6.45, 7) is 3.92. The van der Waals surface area contributed by atoms with Crippen LogP contribution >= 0.6 is 0 Å². The molecule has 106 valence electrons. The fraction of sp³-hybridized carbons (Fsp3) is 0.533. The Morgan fingerprint density at radius 2 is 2.05 bits per heavy atom. The van der Waals surface area contributed by atoms with Crippen molar-refractivity contribution in [1.29, 1.82) is 0 Å². The lowest BCUT2D eigenvalue weighted by Gasteiger charge is -2.20. The highest BCUT2D eigenvalue weighted by atomic mass is 16.5. The minimum absolute atomic E-state index is 0.0297. The van der Waals surface area contributed by atoms with Crippen LogP contribution in [-0.4, -0.2) is 30.8 Å². The van der Waals surface area contributed by atoms with Gasteiger partial charge in [-0.3, -0.25) is 4.79 Å². The SMILES string of the molecule is COc1ccccc1CCC(=O)NC(CO)C(C)C. The van der Waals surface area contributed by atoms with Gasteiger partial charge in [-0.15, -0.1) is 0 Å². The Hall–Kier alpha value is -1.55. The summed E-state index contributed by atoms with van der Waals surface area (Å²) in [5, 5.41) is 12.0. The molecule has 1 rings (SSSR count). The van der Waals surface area contributed by atoms with Crippen molar-refractivity contribution in [3.63, 3.8) is 0 Å². The number of benzene rings is 1. The van der Waals surface area contributed by atoms with Gasteiger partial charge in [-0.2, -0.15) is 0 Å². The topological polar surface area (TPSA) is 58.6 Å². The van der Waals surface area contributed by atoms with Crippen molar-refractivity contribution in [3.05, 3.63) is 29.8 Å². The van der Waals surface area contributed by atoms with Crippen LogP contribution in [0.4, 0.5) is 0 Å². The van der Waals surface area contributed by atoms with E-state index in [0.29, 0.717) is 12.8 Å². The third kappa shape index (κ3) is 4.91. The first-order chi connectivity index (χ1) is 9.08. The second kappa shape index (κ2) is 7.79. The number of aliphatic hydroxyl groups excluding tert-OH is 1. The summed E-state index contributed by atoms with van der Waals surface area (Å²) in [5.74, 6) is 0.983. The fourth-order valence-corrected chi connectivity index (χ4v) is 1.86. The summed E-state index contributed by atoms with van der Waals surface area (Å²) in [6.07, 6.45) is 1.02. The number of carbonyl (C=O) groups is 1. The molecule has 4 nitrogen and oxygen atoms in total. The van der Waals surface area contributed by atoms with E-state index in [2.05, 4.69) is 5.32 Å². The molecular weight excluding hydrogens is 242 g/mol. The van der Waals surface area contributed by atoms with Gasteiger partial charge in [0.25, 0.3) is 0 Å². The highest BCUT2D eigenvalue weighted by molar-refractivity contribution is 5.76. The van der Waals surface area contributed by atoms with E-state index in [9.17, 15) is 9.90 Å². The number of aliphatic hydroxyl groups is 1. The molecule has 0 radical (unpaired) electrons. The predicted octanol–water partition coefficient (Wildman–Crippen LogP) is 1.76. The van der Waals surface area contributed by atoms with E-state index in [1.165, 1.54) is 0 Å². The number of methoxy groups -OCH3 is 1. The van der Waals surface area contributed by atoms with Crippen molar-refractivity contribution in [2.75, 3.05) is 13.7 Å². The normalized spacial score (nSPS) is 12.3. The average Bonchev–Trinajstić information content (AvgIpc) is 2.42. The van der Waals surface area contributed by atoms with Crippen molar-refractivity contribution < 1.29 is 14.6 Å². The highest BCUT2D eigenvalue weighted by Crippen LogP contribution is 2.18. The molecular formula is C15H23NO3. The molecule has 1 aromatic rings. The molecule has 1 amide bonds. The van der Waals surface area contributed by atoms with Gasteiger partial charge in [-0.05, 0) is 24.0 Å². The monoisotopic (exact) mass is 265 g/mol. The molecule has 1 unspecified atom stereocenters. The largest absolute Gasteiger partial charge is 0.496 e. The third-order valence-corrected chi connectivity index (χ3v) is 3.16. The van der Waals surface area contributed by atoms with Gasteiger partial charge in [0.05, 0.1) is 19.8 Å². The van der Waals surface area contributed by atoms with Crippen LogP contribution in [0.5, 0.6) is 5.75 Å². The lowest BCUT2D eigenvalue weighted by molar-refractivity contribution is -0.122. The zero-order chi connectivity index (χ0) is 14.3. The molecule has 0 heterocycles. The maximum absolute atomic E-state index is 11.8. The maximum atomic E-state index is 11.8. The molecule has 1 atom stereocenters. The predicted molar refractivity (Wildman–Crippen MR) is 75.2 cm³/mol. The summed E-state index contributed by atoms with van der Waals surface area (Å²) in [5.41, 5.74) is 1.02. The first-order valence-electron chi connectivity index (χ1n) is 6.60. The van der Waals surface area contributed by atoms with Gasteiger partial charge < -0.3 is 15.2 Å². The molecule has 1 aromatic carbocycles. The zero-order valence-electron chi connectivity index (χ0n) is 11.8. The molecule has 0 aliphatic heterocycles. The van der Waals surface area contributed by atoms with Crippen molar-refractivity contribution in [2.45, 2.75) is 32.7 Å². The van der Waals surface area contributed by atoms with Gasteiger partial charge in [0.1, 0.15) is 5.75 Å². The van der Waals surface area contributed by atoms with Crippen molar-refractivity contribution in [2.24, 2.45) is 5.92 Å². The number of para-hydroxylation sites is 1. The van der Waals surface area contributed by atoms with Crippen LogP contribution in [0, 0.1) is 5.92 Å². The number of nitrogens with one attached hydrogen (secondary N) is 1. The summed E-state index contributed by atoms with van der Waals surface area (Å²) in [7, 11) is 1.62. The van der Waals surface area contributed by atoms with E-state index < -0.39 is 0 Å². The van der Waals surface area contributed by atoms with Crippen LogP contribution in [0.1, 0.15) is 25.8 Å². The summed E-state index contributed by atoms with van der Waals surface area (Å²) < 4.78 is 5.25. The van der Waals surface area contributed by atoms with Crippen molar-refractivity contribution in [1.82, 2.24) is 5.32 Å². The molecule has 0 fully saturated rings. The number of ether oxygens (including phenoxy) is 1. The number of aryl methyl sites for hydroxylation is 1. The molecule has 0 aliphatic carbocycles. The second-order valence-corrected chi connectivity index (χ2v) is 4.91. The number of hydrogen-bond acceptors (Lipinski definition) is 3. The van der Waals surface area contributed by atoms with Crippen LogP contribution in [0.25, 0.3) is 0 Å². The van der Waals surface area contributed by atoms with Gasteiger partial charge in [0, 0.05) is 6.42 Å². The van der Waals surface area contributed by atoms with Gasteiger partial charge >= 0.3 is 0 Å². The Kier molecular flexibility index (Phi) is 6.36. The lowest BCUT2D eigenvalue weighted by atomic mass is 10.0. The molecule has 2 N–H and O–H groups in total. The summed E-state index contributed by atoms with van der Waals surface area (Å²) in [4.78, 5) is 11.8. The molecule has 0 bridgehead atoms. The van der Waals surface area contributed by atoms with E-state index in [-0.39, 0.29) is 24.5 Å². The maximum Gasteiger partial charge on any atom is 0.220 e. The molecule has 19 heavy (non-hydrogen) atoms. The molecule has 0 saturated carbocycles. The minimum Gasteiger partial charge on any atom is -0.496 e. The van der Waals surface area contributed by atoms with E-state index >= 15 is 0 Å². The number of amides is 1. The van der Waals surface area contributed by atoms with Crippen LogP contribution < -0.4 is 10.1 Å². The Balaban J connectivity index is 2.50. The molecule has 0 spiro atoms. The van der Waals surface area contributed by atoms with Gasteiger partial charge in [0.2, 0.25) is 5.91 Å². The Bertz CT molecular complexity index is 404. The second-order valence-electron chi connectivity index (χ2n) is 4.91. The standard InChI is InChI=1S/C15H23NO3/c1-11(2)13(10-17)16-15(18)9-8-12-6-4-5-7-14(12)19-3/h4-7,11,13,17H,8-10H2,1-3H3,(H,16,18). The number of hydrogen-bond donors (Lipinski definition) is 2. The van der Waals surface area contributed by atoms with E-state index in [1.54, 1.807) is 7.11 Å². The Morgan fingerprint density at radius 3 is 2.63 bits per heavy atom. The third-order valence-electron chi connectivity index (χ3n) is 3.16. The van der Waals surface area contributed by atoms with E-state index in [0.717, 1.165) is 11.3 Å². The van der Waals surface area contributed by atoms with Crippen LogP contribution in [0.3, 0.4) is 0 Å². The Labute approximate surface area is 114 Å². The first-order valence-corrected chi connectivity index (χ1v) is 6.60. The van der Waals surface area contributed by atoms with Crippen molar-refractivity contribution in [3.8, 4) is 5.75 Å². The van der Waals surface area contributed by atoms with Crippen molar-refractivity contribution >= 4 is 5.91 Å². The summed E-state index contributed by atoms with van der Waals surface area (Å²) in [6, 6.07) is 7.50. The van der Waals surface area contributed by atoms with Gasteiger partial charge in [0.15, 0.2) is 0 Å². The smallest absolute Gasteiger partial charge is 0.220 e.